The molecule has 0 saturated carbocycles. The smallest absolute Gasteiger partial charge is 0.347 e. The van der Waals surface area contributed by atoms with Crippen LogP contribution in [0.1, 0.15) is 50.3 Å². The standard InChI is InChI=1S/C32H34BrN3O6/c1-8-41-32(38)20(5)42-29-21(14-22(33)15-28(29)40-7)17-34-36-30(35-26-12-10-9-11-23(26)31(36)37)25-16-24(18(2)3)27(39-6)13-19(25)4/h9-18,20H,8H2,1-7H3/t20-/m0/s1. The minimum Gasteiger partial charge on any atom is -0.496 e. The Labute approximate surface area is 253 Å². The monoisotopic (exact) mass is 635 g/mol. The Hall–Kier alpha value is -4.18. The van der Waals surface area contributed by atoms with Crippen LogP contribution in [0.4, 0.5) is 0 Å². The third-order valence-corrected chi connectivity index (χ3v) is 7.14. The number of carbonyl (C=O) groups excluding carboxylic acids is 1. The van der Waals surface area contributed by atoms with Gasteiger partial charge in [-0.05, 0) is 74.2 Å². The molecule has 0 radical (unpaired) electrons. The number of methoxy groups -OCH3 is 2. The fourth-order valence-corrected chi connectivity index (χ4v) is 4.99. The number of ether oxygens (including phenoxy) is 4. The van der Waals surface area contributed by atoms with Crippen LogP contribution in [-0.2, 0) is 9.53 Å². The molecule has 42 heavy (non-hydrogen) atoms. The lowest BCUT2D eigenvalue weighted by Gasteiger charge is -2.18. The predicted octanol–water partition coefficient (Wildman–Crippen LogP) is 6.49. The summed E-state index contributed by atoms with van der Waals surface area (Å²) < 4.78 is 24.3. The summed E-state index contributed by atoms with van der Waals surface area (Å²) in [6.07, 6.45) is 0.577. The van der Waals surface area contributed by atoms with E-state index in [9.17, 15) is 9.59 Å². The number of hydrogen-bond acceptors (Lipinski definition) is 8. The summed E-state index contributed by atoms with van der Waals surface area (Å²) in [7, 11) is 3.14. The summed E-state index contributed by atoms with van der Waals surface area (Å²) in [5.41, 5.74) is 3.30. The Balaban J connectivity index is 1.95. The van der Waals surface area contributed by atoms with Crippen LogP contribution in [0.3, 0.4) is 0 Å². The molecule has 4 aromatic rings. The van der Waals surface area contributed by atoms with E-state index in [2.05, 4.69) is 34.9 Å². The van der Waals surface area contributed by atoms with Gasteiger partial charge in [0.25, 0.3) is 5.56 Å². The highest BCUT2D eigenvalue weighted by atomic mass is 79.9. The number of benzene rings is 3. The van der Waals surface area contributed by atoms with E-state index in [1.807, 2.05) is 25.1 Å². The third kappa shape index (κ3) is 6.33. The molecule has 0 aliphatic carbocycles. The Morgan fingerprint density at radius 3 is 2.45 bits per heavy atom. The van der Waals surface area contributed by atoms with Crippen LogP contribution < -0.4 is 19.8 Å². The maximum absolute atomic E-state index is 13.9. The Bertz CT molecular complexity index is 1710. The van der Waals surface area contributed by atoms with Gasteiger partial charge in [-0.1, -0.05) is 41.9 Å². The van der Waals surface area contributed by atoms with E-state index in [1.54, 1.807) is 51.3 Å². The Kier molecular flexibility index (Phi) is 9.67. The number of aromatic nitrogens is 2. The SMILES string of the molecule is CCOC(=O)[C@H](C)Oc1c(C=Nn2c(-c3cc(C(C)C)c(OC)cc3C)nc3ccccc3c2=O)cc(Br)cc1OC. The van der Waals surface area contributed by atoms with Gasteiger partial charge in [0.05, 0.1) is 37.9 Å². The maximum atomic E-state index is 13.9. The first kappa shape index (κ1) is 30.8. The number of hydrogen-bond donors (Lipinski definition) is 0. The highest BCUT2D eigenvalue weighted by Crippen LogP contribution is 2.36. The molecule has 0 fully saturated rings. The van der Waals surface area contributed by atoms with Crippen molar-refractivity contribution >= 4 is 39.0 Å². The van der Waals surface area contributed by atoms with E-state index in [-0.39, 0.29) is 23.8 Å². The number of nitrogens with zero attached hydrogens (tertiary/aromatic N) is 3. The minimum atomic E-state index is -0.913. The van der Waals surface area contributed by atoms with E-state index in [4.69, 9.17) is 23.9 Å². The van der Waals surface area contributed by atoms with E-state index in [0.29, 0.717) is 32.5 Å². The van der Waals surface area contributed by atoms with Gasteiger partial charge in [0.1, 0.15) is 5.75 Å². The first-order valence-corrected chi connectivity index (χ1v) is 14.3. The van der Waals surface area contributed by atoms with Gasteiger partial charge >= 0.3 is 5.97 Å². The first-order valence-electron chi connectivity index (χ1n) is 13.5. The summed E-state index contributed by atoms with van der Waals surface area (Å²) >= 11 is 3.50. The molecule has 3 aromatic carbocycles. The normalized spacial score (nSPS) is 12.1. The lowest BCUT2D eigenvalue weighted by molar-refractivity contribution is -0.150. The average molecular weight is 637 g/mol. The lowest BCUT2D eigenvalue weighted by Crippen LogP contribution is -2.26. The molecular weight excluding hydrogens is 602 g/mol. The molecule has 1 heterocycles. The second kappa shape index (κ2) is 13.2. The predicted molar refractivity (Wildman–Crippen MR) is 167 cm³/mol. The number of fused-ring (bicyclic) bond motifs is 1. The van der Waals surface area contributed by atoms with Crippen molar-refractivity contribution in [2.45, 2.75) is 46.6 Å². The third-order valence-electron chi connectivity index (χ3n) is 6.69. The van der Waals surface area contributed by atoms with Crippen molar-refractivity contribution in [3.63, 3.8) is 0 Å². The summed E-state index contributed by atoms with van der Waals surface area (Å²) in [6.45, 7) is 9.64. The second-order valence-corrected chi connectivity index (χ2v) is 10.8. The number of esters is 1. The Morgan fingerprint density at radius 2 is 1.79 bits per heavy atom. The van der Waals surface area contributed by atoms with Crippen molar-refractivity contribution in [1.29, 1.82) is 0 Å². The number of para-hydroxylation sites is 1. The molecule has 0 amide bonds. The van der Waals surface area contributed by atoms with Crippen molar-refractivity contribution in [3.05, 3.63) is 80.0 Å². The molecule has 220 valence electrons. The van der Waals surface area contributed by atoms with Gasteiger partial charge in [-0.2, -0.15) is 9.78 Å². The summed E-state index contributed by atoms with van der Waals surface area (Å²) in [6, 6.07) is 14.6. The largest absolute Gasteiger partial charge is 0.496 e. The minimum absolute atomic E-state index is 0.165. The van der Waals surface area contributed by atoms with Crippen molar-refractivity contribution in [2.24, 2.45) is 5.10 Å². The zero-order valence-electron chi connectivity index (χ0n) is 24.7. The molecule has 0 bridgehead atoms. The lowest BCUT2D eigenvalue weighted by atomic mass is 9.96. The van der Waals surface area contributed by atoms with Gasteiger partial charge in [-0.15, -0.1) is 0 Å². The number of halogens is 1. The van der Waals surface area contributed by atoms with Crippen molar-refractivity contribution in [2.75, 3.05) is 20.8 Å². The van der Waals surface area contributed by atoms with Crippen LogP contribution in [-0.4, -0.2) is 48.8 Å². The molecule has 0 aliphatic heterocycles. The fraction of sp³-hybridized carbons (Fsp3) is 0.312. The van der Waals surface area contributed by atoms with Crippen LogP contribution in [0, 0.1) is 6.92 Å². The average Bonchev–Trinajstić information content (AvgIpc) is 2.97. The molecular formula is C32H34BrN3O6. The van der Waals surface area contributed by atoms with Gasteiger partial charge in [-0.25, -0.2) is 9.78 Å². The molecule has 0 unspecified atom stereocenters. The van der Waals surface area contributed by atoms with Crippen LogP contribution in [0.5, 0.6) is 17.2 Å². The van der Waals surface area contributed by atoms with Gasteiger partial charge < -0.3 is 18.9 Å². The maximum Gasteiger partial charge on any atom is 0.347 e. The fourth-order valence-electron chi connectivity index (χ4n) is 4.54. The molecule has 0 spiro atoms. The highest BCUT2D eigenvalue weighted by molar-refractivity contribution is 9.10. The van der Waals surface area contributed by atoms with Crippen molar-refractivity contribution < 1.29 is 23.7 Å². The second-order valence-electron chi connectivity index (χ2n) is 9.92. The van der Waals surface area contributed by atoms with Gasteiger partial charge in [0.15, 0.2) is 23.4 Å². The van der Waals surface area contributed by atoms with Gasteiger partial charge in [0, 0.05) is 15.6 Å². The molecule has 0 N–H and O–H groups in total. The van der Waals surface area contributed by atoms with Crippen LogP contribution >= 0.6 is 15.9 Å². The zero-order valence-corrected chi connectivity index (χ0v) is 26.3. The van der Waals surface area contributed by atoms with Crippen LogP contribution in [0.2, 0.25) is 0 Å². The summed E-state index contributed by atoms with van der Waals surface area (Å²) in [4.78, 5) is 31.1. The van der Waals surface area contributed by atoms with Crippen LogP contribution in [0.25, 0.3) is 22.3 Å². The first-order chi connectivity index (χ1) is 20.1. The van der Waals surface area contributed by atoms with E-state index < -0.39 is 12.1 Å². The molecule has 1 atom stereocenters. The van der Waals surface area contributed by atoms with E-state index in [1.165, 1.54) is 18.0 Å². The molecule has 0 saturated heterocycles. The molecule has 0 aliphatic rings. The highest BCUT2D eigenvalue weighted by Gasteiger charge is 2.22. The molecule has 4 rings (SSSR count). The van der Waals surface area contributed by atoms with E-state index >= 15 is 0 Å². The number of rotatable bonds is 10. The zero-order chi connectivity index (χ0) is 30.6. The molecule has 1 aromatic heterocycles. The summed E-state index contributed by atoms with van der Waals surface area (Å²) in [5, 5.41) is 5.06. The van der Waals surface area contributed by atoms with Gasteiger partial charge in [-0.3, -0.25) is 4.79 Å². The number of aryl methyl sites for hydroxylation is 1. The van der Waals surface area contributed by atoms with Gasteiger partial charge in [0.2, 0.25) is 0 Å². The van der Waals surface area contributed by atoms with Crippen LogP contribution in [0.15, 0.2) is 62.9 Å². The molecule has 9 nitrogen and oxygen atoms in total. The number of carbonyl (C=O) groups is 1. The quantitative estimate of drug-likeness (QED) is 0.145. The van der Waals surface area contributed by atoms with Crippen molar-refractivity contribution in [3.8, 4) is 28.6 Å². The Morgan fingerprint density at radius 1 is 1.07 bits per heavy atom. The van der Waals surface area contributed by atoms with Crippen molar-refractivity contribution in [1.82, 2.24) is 9.66 Å². The van der Waals surface area contributed by atoms with E-state index in [0.717, 1.165) is 22.4 Å². The topological polar surface area (TPSA) is 101 Å². The summed E-state index contributed by atoms with van der Waals surface area (Å²) in [5.74, 6) is 1.44. The molecule has 10 heteroatoms.